The van der Waals surface area contributed by atoms with Gasteiger partial charge in [-0.05, 0) is 18.2 Å². The van der Waals surface area contributed by atoms with Gasteiger partial charge in [-0.2, -0.15) is 13.2 Å². The minimum Gasteiger partial charge on any atom is -0.358 e. The van der Waals surface area contributed by atoms with E-state index in [-0.39, 0.29) is 6.07 Å². The van der Waals surface area contributed by atoms with Gasteiger partial charge in [-0.1, -0.05) is 0 Å². The highest BCUT2D eigenvalue weighted by molar-refractivity contribution is 5.97. The highest BCUT2D eigenvalue weighted by Gasteiger charge is 2.35. The van der Waals surface area contributed by atoms with E-state index in [2.05, 4.69) is 5.32 Å². The molecule has 2 amide bonds. The smallest absolute Gasteiger partial charge is 0.358 e. The molecule has 0 aliphatic heterocycles. The summed E-state index contributed by atoms with van der Waals surface area (Å²) < 4.78 is 50.7. The first kappa shape index (κ1) is 14.9. The lowest BCUT2D eigenvalue weighted by Crippen LogP contribution is -2.36. The van der Waals surface area contributed by atoms with Crippen molar-refractivity contribution >= 4 is 11.8 Å². The molecule has 0 bridgehead atoms. The van der Waals surface area contributed by atoms with Crippen LogP contribution in [-0.4, -0.2) is 25.4 Å². The molecular weight excluding hydrogens is 268 g/mol. The van der Waals surface area contributed by atoms with Crippen molar-refractivity contribution in [3.63, 3.8) is 0 Å². The fourth-order valence-electron chi connectivity index (χ4n) is 1.29. The number of carbonyl (C=O) groups is 2. The van der Waals surface area contributed by atoms with Gasteiger partial charge in [0, 0.05) is 7.05 Å². The third-order valence-corrected chi connectivity index (χ3v) is 2.22. The van der Waals surface area contributed by atoms with Crippen molar-refractivity contribution in [3.05, 3.63) is 35.1 Å². The van der Waals surface area contributed by atoms with Crippen LogP contribution in [0.5, 0.6) is 0 Å². The third-order valence-electron chi connectivity index (χ3n) is 2.22. The Labute approximate surface area is 105 Å². The number of carbonyl (C=O) groups excluding carboxylic acids is 2. The van der Waals surface area contributed by atoms with Gasteiger partial charge in [0.15, 0.2) is 0 Å². The second-order valence-electron chi connectivity index (χ2n) is 3.54. The third kappa shape index (κ3) is 3.94. The molecule has 0 heterocycles. The first-order chi connectivity index (χ1) is 8.75. The summed E-state index contributed by atoms with van der Waals surface area (Å²) in [6.07, 6.45) is -4.86. The molecule has 1 aromatic rings. The molecule has 0 aromatic heterocycles. The van der Waals surface area contributed by atoms with Crippen molar-refractivity contribution in [2.45, 2.75) is 6.18 Å². The van der Waals surface area contributed by atoms with Crippen LogP contribution in [0.2, 0.25) is 0 Å². The first-order valence-electron chi connectivity index (χ1n) is 5.11. The Hall–Kier alpha value is -2.12. The molecule has 0 aliphatic rings. The van der Waals surface area contributed by atoms with Gasteiger partial charge in [-0.15, -0.1) is 0 Å². The van der Waals surface area contributed by atoms with Gasteiger partial charge >= 0.3 is 6.18 Å². The molecule has 8 heteroatoms. The summed E-state index contributed by atoms with van der Waals surface area (Å²) in [5.74, 6) is -2.77. The van der Waals surface area contributed by atoms with Gasteiger partial charge in [-0.3, -0.25) is 9.59 Å². The predicted octanol–water partition coefficient (Wildman–Crippen LogP) is 1.32. The molecule has 0 aliphatic carbocycles. The van der Waals surface area contributed by atoms with Crippen LogP contribution in [0, 0.1) is 5.82 Å². The minimum atomic E-state index is -4.86. The Morgan fingerprint density at radius 2 is 1.89 bits per heavy atom. The van der Waals surface area contributed by atoms with Crippen molar-refractivity contribution in [1.29, 1.82) is 0 Å². The lowest BCUT2D eigenvalue weighted by molar-refractivity contribution is -0.138. The van der Waals surface area contributed by atoms with Crippen LogP contribution >= 0.6 is 0 Å². The van der Waals surface area contributed by atoms with Crippen molar-refractivity contribution < 1.29 is 27.2 Å². The summed E-state index contributed by atoms with van der Waals surface area (Å²) in [7, 11) is 1.31. The minimum absolute atomic E-state index is 0.231. The number of rotatable bonds is 3. The highest BCUT2D eigenvalue weighted by atomic mass is 19.4. The molecule has 19 heavy (non-hydrogen) atoms. The Morgan fingerprint density at radius 1 is 1.26 bits per heavy atom. The number of benzene rings is 1. The van der Waals surface area contributed by atoms with Crippen LogP contribution < -0.4 is 10.6 Å². The second-order valence-corrected chi connectivity index (χ2v) is 3.54. The lowest BCUT2D eigenvalue weighted by Gasteiger charge is -2.12. The Bertz CT molecular complexity index is 500. The van der Waals surface area contributed by atoms with E-state index in [1.165, 1.54) is 7.05 Å². The van der Waals surface area contributed by atoms with Crippen molar-refractivity contribution in [2.75, 3.05) is 13.6 Å². The van der Waals surface area contributed by atoms with Crippen molar-refractivity contribution in [1.82, 2.24) is 10.6 Å². The quantitative estimate of drug-likeness (QED) is 0.819. The molecule has 1 aromatic carbocycles. The number of hydrogen-bond acceptors (Lipinski definition) is 2. The van der Waals surface area contributed by atoms with E-state index in [0.717, 1.165) is 12.1 Å². The molecule has 0 saturated heterocycles. The van der Waals surface area contributed by atoms with E-state index in [4.69, 9.17) is 0 Å². The standard InChI is InChI=1S/C11H10F4N2O2/c1-16-9(18)5-17-10(19)7-3-2-6(12)4-8(7)11(13,14)15/h2-4H,5H2,1H3,(H,16,18)(H,17,19). The summed E-state index contributed by atoms with van der Waals surface area (Å²) in [5, 5.41) is 4.20. The monoisotopic (exact) mass is 278 g/mol. The maximum atomic E-state index is 12.8. The average molecular weight is 278 g/mol. The van der Waals surface area contributed by atoms with Crippen molar-refractivity contribution in [3.8, 4) is 0 Å². The number of likely N-dealkylation sites (N-methyl/N-ethyl adjacent to an activating group) is 1. The highest BCUT2D eigenvalue weighted by Crippen LogP contribution is 2.32. The normalized spacial score (nSPS) is 11.0. The molecular formula is C11H10F4N2O2. The van der Waals surface area contributed by atoms with Crippen molar-refractivity contribution in [2.24, 2.45) is 0 Å². The van der Waals surface area contributed by atoms with E-state index in [1.54, 1.807) is 0 Å². The van der Waals surface area contributed by atoms with Gasteiger partial charge in [0.05, 0.1) is 17.7 Å². The molecule has 0 unspecified atom stereocenters. The molecule has 0 saturated carbocycles. The maximum Gasteiger partial charge on any atom is 0.417 e. The lowest BCUT2D eigenvalue weighted by atomic mass is 10.1. The van der Waals surface area contributed by atoms with Gasteiger partial charge in [0.1, 0.15) is 5.82 Å². The number of halogens is 4. The van der Waals surface area contributed by atoms with Crippen LogP contribution in [0.1, 0.15) is 15.9 Å². The Morgan fingerprint density at radius 3 is 2.42 bits per heavy atom. The zero-order valence-corrected chi connectivity index (χ0v) is 9.77. The summed E-state index contributed by atoms with van der Waals surface area (Å²) in [5.41, 5.74) is -2.13. The van der Waals surface area contributed by atoms with E-state index in [9.17, 15) is 27.2 Å². The fraction of sp³-hybridized carbons (Fsp3) is 0.273. The van der Waals surface area contributed by atoms with E-state index in [0.29, 0.717) is 0 Å². The molecule has 1 rings (SSSR count). The van der Waals surface area contributed by atoms with Crippen LogP contribution in [0.25, 0.3) is 0 Å². The maximum absolute atomic E-state index is 12.8. The number of amides is 2. The molecule has 4 nitrogen and oxygen atoms in total. The van der Waals surface area contributed by atoms with Crippen LogP contribution in [0.3, 0.4) is 0 Å². The van der Waals surface area contributed by atoms with Crippen LogP contribution in [-0.2, 0) is 11.0 Å². The zero-order valence-electron chi connectivity index (χ0n) is 9.77. The Balaban J connectivity index is 3.00. The molecule has 0 radical (unpaired) electrons. The van der Waals surface area contributed by atoms with E-state index in [1.807, 2.05) is 5.32 Å². The average Bonchev–Trinajstić information content (AvgIpc) is 2.34. The summed E-state index contributed by atoms with van der Waals surface area (Å²) in [4.78, 5) is 22.4. The summed E-state index contributed by atoms with van der Waals surface area (Å²) >= 11 is 0. The molecule has 2 N–H and O–H groups in total. The molecule has 104 valence electrons. The topological polar surface area (TPSA) is 58.2 Å². The largest absolute Gasteiger partial charge is 0.417 e. The van der Waals surface area contributed by atoms with Crippen LogP contribution in [0.15, 0.2) is 18.2 Å². The Kier molecular flexibility index (Phi) is 4.47. The summed E-state index contributed by atoms with van der Waals surface area (Å²) in [6, 6.07) is 1.69. The van der Waals surface area contributed by atoms with Gasteiger partial charge in [0.25, 0.3) is 5.91 Å². The van der Waals surface area contributed by atoms with Gasteiger partial charge < -0.3 is 10.6 Å². The summed E-state index contributed by atoms with van der Waals surface area (Å²) in [6.45, 7) is -0.468. The van der Waals surface area contributed by atoms with Gasteiger partial charge in [0.2, 0.25) is 5.91 Å². The zero-order chi connectivity index (χ0) is 14.6. The second kappa shape index (κ2) is 5.68. The number of alkyl halides is 3. The first-order valence-corrected chi connectivity index (χ1v) is 5.11. The molecule has 0 atom stereocenters. The molecule has 0 spiro atoms. The number of hydrogen-bond donors (Lipinski definition) is 2. The SMILES string of the molecule is CNC(=O)CNC(=O)c1ccc(F)cc1C(F)(F)F. The van der Waals surface area contributed by atoms with E-state index >= 15 is 0 Å². The fourth-order valence-corrected chi connectivity index (χ4v) is 1.29. The molecule has 0 fully saturated rings. The van der Waals surface area contributed by atoms with Gasteiger partial charge in [-0.25, -0.2) is 4.39 Å². The van der Waals surface area contributed by atoms with Crippen LogP contribution in [0.4, 0.5) is 17.6 Å². The predicted molar refractivity (Wildman–Crippen MR) is 57.8 cm³/mol. The number of nitrogens with one attached hydrogen (secondary N) is 2. The van der Waals surface area contributed by atoms with E-state index < -0.39 is 41.5 Å².